The molecular weight excluding hydrogens is 288 g/mol. The van der Waals surface area contributed by atoms with E-state index < -0.39 is 5.97 Å². The summed E-state index contributed by atoms with van der Waals surface area (Å²) in [7, 11) is 0. The molecule has 1 N–H and O–H groups in total. The molecule has 0 atom stereocenters. The third-order valence-corrected chi connectivity index (χ3v) is 3.79. The molecule has 0 fully saturated rings. The van der Waals surface area contributed by atoms with Crippen molar-refractivity contribution in [1.29, 1.82) is 0 Å². The van der Waals surface area contributed by atoms with E-state index in [4.69, 9.17) is 9.84 Å². The highest BCUT2D eigenvalue weighted by atomic mass is 16.5. The normalized spacial score (nSPS) is 17.2. The van der Waals surface area contributed by atoms with Crippen LogP contribution in [0.25, 0.3) is 5.57 Å². The van der Waals surface area contributed by atoms with Gasteiger partial charge in [0.1, 0.15) is 5.75 Å². The van der Waals surface area contributed by atoms with Crippen molar-refractivity contribution in [3.05, 3.63) is 59.2 Å². The Kier molecular flexibility index (Phi) is 5.09. The zero-order valence-corrected chi connectivity index (χ0v) is 14.2. The minimum absolute atomic E-state index is 0.0878. The van der Waals surface area contributed by atoms with E-state index >= 15 is 0 Å². The molecule has 3 nitrogen and oxygen atoms in total. The summed E-state index contributed by atoms with van der Waals surface area (Å²) in [6.07, 6.45) is 8.18. The van der Waals surface area contributed by atoms with Gasteiger partial charge in [-0.25, -0.2) is 4.79 Å². The lowest BCUT2D eigenvalue weighted by molar-refractivity contribution is -0.131. The van der Waals surface area contributed by atoms with E-state index in [0.717, 1.165) is 23.3 Å². The Bertz CT molecular complexity index is 691. The zero-order valence-electron chi connectivity index (χ0n) is 14.2. The SMILES string of the molecule is CCc1ccc2c(c1)C(/C=C/C(C)=C/C(=O)O)=CC(C)(C)CO2. The standard InChI is InChI=1S/C20H24O3/c1-5-15-7-9-18-17(11-15)16(12-20(3,4)13-23-18)8-6-14(2)10-19(21)22/h6-12H,5,13H2,1-4H3,(H,21,22)/b8-6+,14-10+. The second kappa shape index (κ2) is 6.86. The third-order valence-electron chi connectivity index (χ3n) is 3.79. The summed E-state index contributed by atoms with van der Waals surface area (Å²) in [5.74, 6) is -0.0529. The fourth-order valence-electron chi connectivity index (χ4n) is 2.55. The van der Waals surface area contributed by atoms with E-state index in [-0.39, 0.29) is 5.41 Å². The van der Waals surface area contributed by atoms with Gasteiger partial charge in [-0.05, 0) is 42.2 Å². The van der Waals surface area contributed by atoms with Crippen LogP contribution in [0.4, 0.5) is 0 Å². The predicted octanol–water partition coefficient (Wildman–Crippen LogP) is 4.64. The van der Waals surface area contributed by atoms with Crippen molar-refractivity contribution in [3.8, 4) is 5.75 Å². The van der Waals surface area contributed by atoms with Gasteiger partial charge < -0.3 is 9.84 Å². The first-order chi connectivity index (χ1) is 10.8. The number of hydrogen-bond donors (Lipinski definition) is 1. The lowest BCUT2D eigenvalue weighted by Crippen LogP contribution is -2.17. The monoisotopic (exact) mass is 312 g/mol. The van der Waals surface area contributed by atoms with Crippen LogP contribution in [0.2, 0.25) is 0 Å². The lowest BCUT2D eigenvalue weighted by Gasteiger charge is -2.18. The first kappa shape index (κ1) is 17.1. The van der Waals surface area contributed by atoms with Gasteiger partial charge in [-0.2, -0.15) is 0 Å². The van der Waals surface area contributed by atoms with Crippen molar-refractivity contribution < 1.29 is 14.6 Å². The molecule has 1 heterocycles. The number of carboxylic acids is 1. The summed E-state index contributed by atoms with van der Waals surface area (Å²) >= 11 is 0. The Hall–Kier alpha value is -2.29. The van der Waals surface area contributed by atoms with E-state index in [2.05, 4.69) is 39.0 Å². The maximum Gasteiger partial charge on any atom is 0.328 e. The van der Waals surface area contributed by atoms with Gasteiger partial charge in [0.05, 0.1) is 6.61 Å². The number of carboxylic acid groups (broad SMARTS) is 1. The summed E-state index contributed by atoms with van der Waals surface area (Å²) in [5.41, 5.74) is 4.00. The molecule has 0 radical (unpaired) electrons. The maximum absolute atomic E-state index is 10.8. The molecule has 1 aliphatic heterocycles. The Morgan fingerprint density at radius 3 is 2.78 bits per heavy atom. The quantitative estimate of drug-likeness (QED) is 0.651. The van der Waals surface area contributed by atoms with Gasteiger partial charge in [0.15, 0.2) is 0 Å². The fourth-order valence-corrected chi connectivity index (χ4v) is 2.55. The average molecular weight is 312 g/mol. The molecule has 1 aromatic carbocycles. The molecule has 0 unspecified atom stereocenters. The van der Waals surface area contributed by atoms with Crippen LogP contribution in [-0.2, 0) is 11.2 Å². The second-order valence-corrected chi connectivity index (χ2v) is 6.62. The molecule has 3 heteroatoms. The molecule has 1 aliphatic rings. The van der Waals surface area contributed by atoms with Crippen LogP contribution < -0.4 is 4.74 Å². The van der Waals surface area contributed by atoms with Crippen LogP contribution in [-0.4, -0.2) is 17.7 Å². The van der Waals surface area contributed by atoms with Gasteiger partial charge in [-0.15, -0.1) is 0 Å². The van der Waals surface area contributed by atoms with E-state index in [1.165, 1.54) is 11.6 Å². The van der Waals surface area contributed by atoms with Crippen LogP contribution in [0.5, 0.6) is 5.75 Å². The lowest BCUT2D eigenvalue weighted by atomic mass is 9.89. The molecule has 122 valence electrons. The molecule has 0 spiro atoms. The van der Waals surface area contributed by atoms with Crippen molar-refractivity contribution in [2.75, 3.05) is 6.61 Å². The van der Waals surface area contributed by atoms with E-state index in [9.17, 15) is 4.79 Å². The van der Waals surface area contributed by atoms with Crippen LogP contribution in [0.15, 0.2) is 48.1 Å². The van der Waals surface area contributed by atoms with Gasteiger partial charge in [-0.3, -0.25) is 0 Å². The van der Waals surface area contributed by atoms with Crippen molar-refractivity contribution in [1.82, 2.24) is 0 Å². The molecule has 23 heavy (non-hydrogen) atoms. The Morgan fingerprint density at radius 1 is 1.39 bits per heavy atom. The maximum atomic E-state index is 10.8. The molecule has 0 aliphatic carbocycles. The minimum Gasteiger partial charge on any atom is -0.492 e. The highest BCUT2D eigenvalue weighted by molar-refractivity contribution is 5.82. The highest BCUT2D eigenvalue weighted by Crippen LogP contribution is 2.36. The molecule has 0 saturated carbocycles. The Balaban J connectivity index is 2.48. The van der Waals surface area contributed by atoms with E-state index in [1.807, 2.05) is 18.2 Å². The first-order valence-electron chi connectivity index (χ1n) is 7.89. The van der Waals surface area contributed by atoms with E-state index in [1.54, 1.807) is 6.92 Å². The number of carbonyl (C=O) groups is 1. The number of ether oxygens (including phenoxy) is 1. The largest absolute Gasteiger partial charge is 0.492 e. The summed E-state index contributed by atoms with van der Waals surface area (Å²) in [5, 5.41) is 8.83. The number of allylic oxidation sites excluding steroid dienone is 4. The molecule has 0 bridgehead atoms. The van der Waals surface area contributed by atoms with Crippen LogP contribution in [0, 0.1) is 5.41 Å². The van der Waals surface area contributed by atoms with Gasteiger partial charge in [0, 0.05) is 17.1 Å². The molecule has 0 aromatic heterocycles. The van der Waals surface area contributed by atoms with Crippen molar-refractivity contribution in [2.45, 2.75) is 34.1 Å². The minimum atomic E-state index is -0.931. The number of aryl methyl sites for hydroxylation is 1. The summed E-state index contributed by atoms with van der Waals surface area (Å²) < 4.78 is 5.97. The molecule has 1 aromatic rings. The smallest absolute Gasteiger partial charge is 0.328 e. The fraction of sp³-hybridized carbons (Fsp3) is 0.350. The molecule has 2 rings (SSSR count). The van der Waals surface area contributed by atoms with Crippen LogP contribution >= 0.6 is 0 Å². The van der Waals surface area contributed by atoms with Crippen molar-refractivity contribution in [3.63, 3.8) is 0 Å². The zero-order chi connectivity index (χ0) is 17.0. The summed E-state index contributed by atoms with van der Waals surface area (Å²) in [6.45, 7) is 8.79. The van der Waals surface area contributed by atoms with Crippen LogP contribution in [0.1, 0.15) is 38.8 Å². The van der Waals surface area contributed by atoms with Crippen LogP contribution in [0.3, 0.4) is 0 Å². The predicted molar refractivity (Wildman–Crippen MR) is 93.6 cm³/mol. The second-order valence-electron chi connectivity index (χ2n) is 6.62. The summed E-state index contributed by atoms with van der Waals surface area (Å²) in [4.78, 5) is 10.8. The molecule has 0 saturated heterocycles. The van der Waals surface area contributed by atoms with Gasteiger partial charge in [-0.1, -0.05) is 45.1 Å². The van der Waals surface area contributed by atoms with Crippen molar-refractivity contribution >= 4 is 11.5 Å². The Labute approximate surface area is 138 Å². The number of rotatable bonds is 4. The first-order valence-corrected chi connectivity index (χ1v) is 7.89. The van der Waals surface area contributed by atoms with E-state index in [0.29, 0.717) is 12.2 Å². The van der Waals surface area contributed by atoms with Gasteiger partial charge >= 0.3 is 5.97 Å². The molecular formula is C20H24O3. The average Bonchev–Trinajstić information content (AvgIpc) is 2.60. The number of benzene rings is 1. The number of aliphatic carboxylic acids is 1. The Morgan fingerprint density at radius 2 is 2.13 bits per heavy atom. The number of hydrogen-bond acceptors (Lipinski definition) is 2. The van der Waals surface area contributed by atoms with Gasteiger partial charge in [0.2, 0.25) is 0 Å². The van der Waals surface area contributed by atoms with Crippen molar-refractivity contribution in [2.24, 2.45) is 5.41 Å². The number of fused-ring (bicyclic) bond motifs is 1. The highest BCUT2D eigenvalue weighted by Gasteiger charge is 2.22. The van der Waals surface area contributed by atoms with Gasteiger partial charge in [0.25, 0.3) is 0 Å². The molecule has 0 amide bonds. The topological polar surface area (TPSA) is 46.5 Å². The summed E-state index contributed by atoms with van der Waals surface area (Å²) in [6, 6.07) is 6.27. The third kappa shape index (κ3) is 4.59.